The molecule has 3 rings (SSSR count). The van der Waals surface area contributed by atoms with Gasteiger partial charge in [0, 0.05) is 23.5 Å². The van der Waals surface area contributed by atoms with E-state index in [-0.39, 0.29) is 28.5 Å². The van der Waals surface area contributed by atoms with E-state index in [2.05, 4.69) is 15.3 Å². The van der Waals surface area contributed by atoms with Gasteiger partial charge in [0.1, 0.15) is 21.8 Å². The van der Waals surface area contributed by atoms with Gasteiger partial charge in [-0.25, -0.2) is 13.8 Å². The first-order chi connectivity index (χ1) is 13.8. The van der Waals surface area contributed by atoms with Gasteiger partial charge < -0.3 is 11.1 Å². The molecule has 0 radical (unpaired) electrons. The van der Waals surface area contributed by atoms with E-state index >= 15 is 0 Å². The van der Waals surface area contributed by atoms with E-state index in [1.807, 2.05) is 0 Å². The van der Waals surface area contributed by atoms with E-state index in [4.69, 9.17) is 17.3 Å². The Balaban J connectivity index is 2.02. The van der Waals surface area contributed by atoms with Gasteiger partial charge in [-0.15, -0.1) is 0 Å². The number of nitrogens with zero attached hydrogens (tertiary/aromatic N) is 2. The van der Waals surface area contributed by atoms with Crippen molar-refractivity contribution in [2.75, 3.05) is 11.1 Å². The lowest BCUT2D eigenvalue weighted by Gasteiger charge is -2.53. The first-order valence-electron chi connectivity index (χ1n) is 8.80. The maximum absolute atomic E-state index is 14.7. The summed E-state index contributed by atoms with van der Waals surface area (Å²) in [5.41, 5.74) is 4.09. The molecular formula is C19H21ClF2N4O3S. The number of carbonyl (C=O) groups is 1. The number of aromatic nitrogens is 1. The Hall–Kier alpha value is -2.27. The molecule has 1 amide bonds. The van der Waals surface area contributed by atoms with Crippen LogP contribution in [0.4, 0.5) is 14.5 Å². The first-order valence-corrected chi connectivity index (χ1v) is 10.9. The van der Waals surface area contributed by atoms with Crippen LogP contribution in [0.1, 0.15) is 36.8 Å². The molecule has 1 aliphatic heterocycles. The van der Waals surface area contributed by atoms with Gasteiger partial charge in [0.2, 0.25) is 0 Å². The summed E-state index contributed by atoms with van der Waals surface area (Å²) < 4.78 is 49.0. The van der Waals surface area contributed by atoms with Crippen LogP contribution >= 0.6 is 22.2 Å². The fourth-order valence-corrected chi connectivity index (χ4v) is 4.93. The molecule has 2 aromatic rings. The van der Waals surface area contributed by atoms with E-state index in [0.29, 0.717) is 5.02 Å². The minimum atomic E-state index is -3.33. The number of hydrogen-bond donors (Lipinski definition) is 4. The molecule has 2 heterocycles. The maximum atomic E-state index is 14.7. The third-order valence-electron chi connectivity index (χ3n) is 5.11. The van der Waals surface area contributed by atoms with Crippen LogP contribution in [0.15, 0.2) is 35.5 Å². The monoisotopic (exact) mass is 458 g/mol. The molecular weight excluding hydrogens is 438 g/mol. The standard InChI is InChI=1S/C19H21ClF2N4O3S/c1-18(2)17(23)26-19(3,9-30(18,28)29)12-6-11(7-13(21)15(12)22)25-16(27)14-5-4-10(20)8-24-14/h4-8,28-29H,9H2,1-3H3,(H2,23,26)(H,25,27). The van der Waals surface area contributed by atoms with Crippen LogP contribution in [0, 0.1) is 11.6 Å². The normalized spacial score (nSPS) is 23.4. The van der Waals surface area contributed by atoms with Gasteiger partial charge in [0.15, 0.2) is 11.6 Å². The molecule has 0 fully saturated rings. The van der Waals surface area contributed by atoms with Crippen molar-refractivity contribution >= 4 is 39.6 Å². The fraction of sp³-hybridized carbons (Fsp3) is 0.316. The zero-order valence-corrected chi connectivity index (χ0v) is 18.0. The summed E-state index contributed by atoms with van der Waals surface area (Å²) in [6.45, 7) is 4.47. The molecule has 0 saturated heterocycles. The summed E-state index contributed by atoms with van der Waals surface area (Å²) in [6, 6.07) is 4.85. The molecule has 1 unspecified atom stereocenters. The molecule has 162 valence electrons. The number of pyridine rings is 1. The van der Waals surface area contributed by atoms with E-state index in [1.54, 1.807) is 0 Å². The van der Waals surface area contributed by atoms with Crippen LogP contribution in [0.25, 0.3) is 0 Å². The van der Waals surface area contributed by atoms with Gasteiger partial charge in [-0.3, -0.25) is 18.9 Å². The Morgan fingerprint density at radius 3 is 2.50 bits per heavy atom. The van der Waals surface area contributed by atoms with Crippen molar-refractivity contribution in [2.45, 2.75) is 31.1 Å². The van der Waals surface area contributed by atoms with Crippen LogP contribution in [0.5, 0.6) is 0 Å². The summed E-state index contributed by atoms with van der Waals surface area (Å²) in [4.78, 5) is 20.5. The highest BCUT2D eigenvalue weighted by atomic mass is 35.5. The highest BCUT2D eigenvalue weighted by Crippen LogP contribution is 2.59. The second-order valence-corrected chi connectivity index (χ2v) is 10.8. The van der Waals surface area contributed by atoms with Gasteiger partial charge in [-0.1, -0.05) is 11.6 Å². The lowest BCUT2D eigenvalue weighted by molar-refractivity contribution is 0.102. The molecule has 0 aliphatic carbocycles. The summed E-state index contributed by atoms with van der Waals surface area (Å²) in [5, 5.41) is 2.78. The maximum Gasteiger partial charge on any atom is 0.274 e. The van der Waals surface area contributed by atoms with Crippen molar-refractivity contribution in [2.24, 2.45) is 10.7 Å². The van der Waals surface area contributed by atoms with Crippen LogP contribution in [-0.4, -0.2) is 36.3 Å². The molecule has 0 spiro atoms. The Labute approximate surface area is 178 Å². The molecule has 1 aliphatic rings. The molecule has 5 N–H and O–H groups in total. The summed E-state index contributed by atoms with van der Waals surface area (Å²) in [5.74, 6) is -3.56. The van der Waals surface area contributed by atoms with Gasteiger partial charge in [0.25, 0.3) is 5.91 Å². The largest absolute Gasteiger partial charge is 0.386 e. The van der Waals surface area contributed by atoms with Crippen LogP contribution in [0.2, 0.25) is 5.02 Å². The molecule has 1 atom stereocenters. The van der Waals surface area contributed by atoms with Gasteiger partial charge in [0.05, 0.1) is 10.8 Å². The number of halogens is 3. The van der Waals surface area contributed by atoms with E-state index in [1.165, 1.54) is 45.2 Å². The van der Waals surface area contributed by atoms with Crippen molar-refractivity contribution in [3.63, 3.8) is 0 Å². The first kappa shape index (κ1) is 22.4. The number of amidine groups is 1. The van der Waals surface area contributed by atoms with E-state index in [9.17, 15) is 22.7 Å². The number of aliphatic imine (C=N–C) groups is 1. The van der Waals surface area contributed by atoms with Crippen molar-refractivity contribution in [3.8, 4) is 0 Å². The predicted octanol–water partition coefficient (Wildman–Crippen LogP) is 4.38. The third-order valence-corrected chi connectivity index (χ3v) is 8.14. The van der Waals surface area contributed by atoms with Crippen LogP contribution in [-0.2, 0) is 5.54 Å². The average molecular weight is 459 g/mol. The van der Waals surface area contributed by atoms with Crippen molar-refractivity contribution in [1.82, 2.24) is 4.98 Å². The van der Waals surface area contributed by atoms with E-state index in [0.717, 1.165) is 6.07 Å². The minimum Gasteiger partial charge on any atom is -0.386 e. The number of carbonyl (C=O) groups excluding carboxylic acids is 1. The minimum absolute atomic E-state index is 0.0211. The second kappa shape index (κ2) is 7.45. The molecule has 1 aromatic carbocycles. The summed E-state index contributed by atoms with van der Waals surface area (Å²) in [6.07, 6.45) is 1.28. The molecule has 0 saturated carbocycles. The smallest absolute Gasteiger partial charge is 0.274 e. The Kier molecular flexibility index (Phi) is 5.57. The van der Waals surface area contributed by atoms with Crippen molar-refractivity contribution < 1.29 is 22.7 Å². The number of anilines is 1. The zero-order chi connectivity index (χ0) is 22.5. The Morgan fingerprint density at radius 2 is 1.93 bits per heavy atom. The topological polar surface area (TPSA) is 121 Å². The molecule has 30 heavy (non-hydrogen) atoms. The SMILES string of the molecule is CC1(c2cc(NC(=O)c3ccc(Cl)cn3)cc(F)c2F)CS(O)(O)C(C)(C)C(N)=N1. The van der Waals surface area contributed by atoms with Crippen LogP contribution in [0.3, 0.4) is 0 Å². The molecule has 11 heteroatoms. The zero-order valence-electron chi connectivity index (χ0n) is 16.4. The Morgan fingerprint density at radius 1 is 1.27 bits per heavy atom. The fourth-order valence-electron chi connectivity index (χ4n) is 3.07. The highest BCUT2D eigenvalue weighted by Gasteiger charge is 2.49. The van der Waals surface area contributed by atoms with Gasteiger partial charge in [-0.2, -0.15) is 10.6 Å². The molecule has 0 bridgehead atoms. The van der Waals surface area contributed by atoms with E-state index < -0.39 is 38.4 Å². The summed E-state index contributed by atoms with van der Waals surface area (Å²) >= 11 is 5.74. The predicted molar refractivity (Wildman–Crippen MR) is 114 cm³/mol. The highest BCUT2D eigenvalue weighted by molar-refractivity contribution is 8.26. The van der Waals surface area contributed by atoms with Crippen molar-refractivity contribution in [1.29, 1.82) is 0 Å². The van der Waals surface area contributed by atoms with Crippen molar-refractivity contribution in [3.05, 3.63) is 58.4 Å². The molecule has 7 nitrogen and oxygen atoms in total. The lowest BCUT2D eigenvalue weighted by atomic mass is 9.92. The Bertz CT molecular complexity index is 1050. The number of benzene rings is 1. The van der Waals surface area contributed by atoms with Crippen LogP contribution < -0.4 is 11.1 Å². The molecule has 1 aromatic heterocycles. The lowest BCUT2D eigenvalue weighted by Crippen LogP contribution is -2.52. The quantitative estimate of drug-likeness (QED) is 0.543. The average Bonchev–Trinajstić information content (AvgIpc) is 2.63. The second-order valence-electron chi connectivity index (χ2n) is 7.73. The number of nitrogens with one attached hydrogen (secondary N) is 1. The van der Waals surface area contributed by atoms with Gasteiger partial charge in [-0.05, 0) is 39.0 Å². The summed E-state index contributed by atoms with van der Waals surface area (Å²) in [7, 11) is -3.33. The number of nitrogens with two attached hydrogens (primary N) is 1. The number of hydrogen-bond acceptors (Lipinski definition) is 6. The number of amides is 1. The number of rotatable bonds is 3. The third kappa shape index (κ3) is 3.87. The van der Waals surface area contributed by atoms with Gasteiger partial charge >= 0.3 is 0 Å².